The fourth-order valence-electron chi connectivity index (χ4n) is 1.36. The average Bonchev–Trinajstić information content (AvgIpc) is 2.39. The number of carbonyl (C=O) groups excluding carboxylic acids is 3. The Hall–Kier alpha value is -1.84. The van der Waals surface area contributed by atoms with Gasteiger partial charge in [0.1, 0.15) is 12.6 Å². The van der Waals surface area contributed by atoms with E-state index in [9.17, 15) is 24.5 Å². The Labute approximate surface area is 132 Å². The summed E-state index contributed by atoms with van der Waals surface area (Å²) in [5, 5.41) is 11.3. The molecule has 0 saturated carbocycles. The molecule has 0 radical (unpaired) electrons. The van der Waals surface area contributed by atoms with Crippen LogP contribution in [0.3, 0.4) is 0 Å². The molecular formula is C12H21N3O6S. The summed E-state index contributed by atoms with van der Waals surface area (Å²) in [5.41, 5.74) is -1.08. The number of nitrogens with zero attached hydrogens (tertiary/aromatic N) is 2. The molecule has 2 amide bonds. The number of thioether (sulfide) groups is 1. The Morgan fingerprint density at radius 2 is 1.91 bits per heavy atom. The van der Waals surface area contributed by atoms with Crippen molar-refractivity contribution in [2.45, 2.75) is 26.8 Å². The molecule has 1 atom stereocenters. The third-order valence-corrected chi connectivity index (χ3v) is 3.90. The summed E-state index contributed by atoms with van der Waals surface area (Å²) >= 11 is 0.827. The van der Waals surface area contributed by atoms with Gasteiger partial charge in [0.15, 0.2) is 5.12 Å². The van der Waals surface area contributed by atoms with E-state index in [-0.39, 0.29) is 29.3 Å². The molecule has 1 N–H and O–H groups in total. The maximum atomic E-state index is 12.1. The van der Waals surface area contributed by atoms with Crippen molar-refractivity contribution in [1.29, 1.82) is 0 Å². The first-order chi connectivity index (χ1) is 9.97. The summed E-state index contributed by atoms with van der Waals surface area (Å²) in [6.45, 7) is 3.91. The first kappa shape index (κ1) is 20.2. The molecule has 0 aromatic carbocycles. The van der Waals surface area contributed by atoms with Gasteiger partial charge < -0.3 is 15.1 Å². The third-order valence-electron chi connectivity index (χ3n) is 2.58. The second-order valence-corrected chi connectivity index (χ2v) is 6.46. The van der Waals surface area contributed by atoms with Crippen LogP contribution in [-0.4, -0.2) is 59.4 Å². The summed E-state index contributed by atoms with van der Waals surface area (Å²) in [6.07, 6.45) is 0. The highest BCUT2D eigenvalue weighted by Gasteiger charge is 2.31. The number of amides is 2. The Bertz CT molecular complexity index is 452. The van der Waals surface area contributed by atoms with Gasteiger partial charge in [0, 0.05) is 26.8 Å². The van der Waals surface area contributed by atoms with Gasteiger partial charge in [0.05, 0.1) is 5.41 Å². The number of rotatable bonds is 8. The molecule has 0 fully saturated rings. The zero-order valence-electron chi connectivity index (χ0n) is 13.2. The molecule has 0 aliphatic rings. The zero-order valence-corrected chi connectivity index (χ0v) is 14.1. The molecule has 0 spiro atoms. The lowest BCUT2D eigenvalue weighted by atomic mass is 9.97. The molecule has 0 aromatic rings. The van der Waals surface area contributed by atoms with E-state index in [0.717, 1.165) is 11.8 Å². The van der Waals surface area contributed by atoms with Gasteiger partial charge in [-0.25, -0.2) is 0 Å². The highest BCUT2D eigenvalue weighted by molar-refractivity contribution is 8.13. The molecule has 9 nitrogen and oxygen atoms in total. The second kappa shape index (κ2) is 8.57. The van der Waals surface area contributed by atoms with Crippen molar-refractivity contribution in [3.05, 3.63) is 10.1 Å². The van der Waals surface area contributed by atoms with Gasteiger partial charge in [-0.05, 0) is 0 Å². The zero-order chi connectivity index (χ0) is 17.5. The lowest BCUT2D eigenvalue weighted by Gasteiger charge is -2.24. The van der Waals surface area contributed by atoms with Crippen molar-refractivity contribution in [2.75, 3.05) is 26.5 Å². The summed E-state index contributed by atoms with van der Waals surface area (Å²) < 4.78 is 0. The summed E-state index contributed by atoms with van der Waals surface area (Å²) in [5.74, 6) is -0.684. The minimum Gasteiger partial charge on any atom is -0.347 e. The van der Waals surface area contributed by atoms with E-state index in [4.69, 9.17) is 0 Å². The summed E-state index contributed by atoms with van der Waals surface area (Å²) in [4.78, 5) is 50.9. The summed E-state index contributed by atoms with van der Waals surface area (Å²) in [6, 6.07) is -0.839. The Morgan fingerprint density at radius 1 is 1.36 bits per heavy atom. The standard InChI is InChI=1S/C12H21N3O6S/c1-8(16)13-9(10(17)14(4)5)6-22-11(18)12(2,3)7-21-15(19)20/h9H,6-7H2,1-5H3,(H,13,16)/t9-/m0/s1. The normalized spacial score (nSPS) is 12.2. The van der Waals surface area contributed by atoms with Crippen molar-refractivity contribution < 1.29 is 24.3 Å². The molecule has 0 bridgehead atoms. The Balaban J connectivity index is 4.69. The van der Waals surface area contributed by atoms with Crippen molar-refractivity contribution in [1.82, 2.24) is 10.2 Å². The highest BCUT2D eigenvalue weighted by Crippen LogP contribution is 2.25. The smallest absolute Gasteiger partial charge is 0.294 e. The molecule has 0 unspecified atom stereocenters. The first-order valence-electron chi connectivity index (χ1n) is 6.40. The van der Waals surface area contributed by atoms with Gasteiger partial charge in [-0.1, -0.05) is 25.6 Å². The van der Waals surface area contributed by atoms with Gasteiger partial charge in [-0.2, -0.15) is 0 Å². The van der Waals surface area contributed by atoms with Crippen LogP contribution in [0.2, 0.25) is 0 Å². The van der Waals surface area contributed by atoms with E-state index in [1.807, 2.05) is 0 Å². The SMILES string of the molecule is CC(=O)N[C@@H](CSC(=O)C(C)(C)CO[N+](=O)[O-])C(=O)N(C)C. The Kier molecular flexibility index (Phi) is 7.85. The fraction of sp³-hybridized carbons (Fsp3) is 0.750. The maximum absolute atomic E-state index is 12.1. The predicted molar refractivity (Wildman–Crippen MR) is 80.5 cm³/mol. The quantitative estimate of drug-likeness (QED) is 0.492. The van der Waals surface area contributed by atoms with E-state index in [0.29, 0.717) is 0 Å². The minimum atomic E-state index is -1.08. The van der Waals surface area contributed by atoms with Crippen LogP contribution >= 0.6 is 11.8 Å². The van der Waals surface area contributed by atoms with Crippen LogP contribution in [0.1, 0.15) is 20.8 Å². The topological polar surface area (TPSA) is 119 Å². The molecule has 126 valence electrons. The largest absolute Gasteiger partial charge is 0.347 e. The molecular weight excluding hydrogens is 314 g/mol. The predicted octanol–water partition coefficient (Wildman–Crippen LogP) is 0.0736. The van der Waals surface area contributed by atoms with Crippen molar-refractivity contribution >= 4 is 28.7 Å². The number of hydrogen-bond donors (Lipinski definition) is 1. The Morgan fingerprint density at radius 3 is 2.32 bits per heavy atom. The molecule has 0 saturated heterocycles. The average molecular weight is 335 g/mol. The summed E-state index contributed by atoms with van der Waals surface area (Å²) in [7, 11) is 3.08. The molecule has 0 rings (SSSR count). The van der Waals surface area contributed by atoms with E-state index in [1.165, 1.54) is 25.7 Å². The molecule has 0 aliphatic carbocycles. The van der Waals surface area contributed by atoms with Gasteiger partial charge in [0.2, 0.25) is 11.8 Å². The van der Waals surface area contributed by atoms with Crippen molar-refractivity contribution in [3.63, 3.8) is 0 Å². The van der Waals surface area contributed by atoms with E-state index < -0.39 is 16.5 Å². The molecule has 0 aromatic heterocycles. The number of nitrogens with one attached hydrogen (secondary N) is 1. The third kappa shape index (κ3) is 7.25. The van der Waals surface area contributed by atoms with Crippen molar-refractivity contribution in [2.24, 2.45) is 5.41 Å². The van der Waals surface area contributed by atoms with Crippen LogP contribution in [0.4, 0.5) is 0 Å². The molecule has 10 heteroatoms. The highest BCUT2D eigenvalue weighted by atomic mass is 32.2. The lowest BCUT2D eigenvalue weighted by molar-refractivity contribution is -0.760. The fourth-order valence-corrected chi connectivity index (χ4v) is 2.35. The van der Waals surface area contributed by atoms with Crippen LogP contribution in [0.5, 0.6) is 0 Å². The number of carbonyl (C=O) groups is 3. The van der Waals surface area contributed by atoms with Gasteiger partial charge in [-0.3, -0.25) is 14.4 Å². The van der Waals surface area contributed by atoms with E-state index >= 15 is 0 Å². The lowest BCUT2D eigenvalue weighted by Crippen LogP contribution is -2.47. The van der Waals surface area contributed by atoms with E-state index in [1.54, 1.807) is 14.1 Å². The van der Waals surface area contributed by atoms with Gasteiger partial charge >= 0.3 is 0 Å². The van der Waals surface area contributed by atoms with E-state index in [2.05, 4.69) is 10.2 Å². The first-order valence-corrected chi connectivity index (χ1v) is 7.38. The number of likely N-dealkylation sites (N-methyl/N-ethyl adjacent to an activating group) is 1. The van der Waals surface area contributed by atoms with Crippen LogP contribution in [0.25, 0.3) is 0 Å². The molecule has 0 aliphatic heterocycles. The second-order valence-electron chi connectivity index (χ2n) is 5.47. The monoisotopic (exact) mass is 335 g/mol. The van der Waals surface area contributed by atoms with Crippen LogP contribution < -0.4 is 5.32 Å². The van der Waals surface area contributed by atoms with Crippen molar-refractivity contribution in [3.8, 4) is 0 Å². The van der Waals surface area contributed by atoms with Crippen LogP contribution in [-0.2, 0) is 19.2 Å². The minimum absolute atomic E-state index is 0.0390. The van der Waals surface area contributed by atoms with Crippen LogP contribution in [0, 0.1) is 15.5 Å². The molecule has 22 heavy (non-hydrogen) atoms. The van der Waals surface area contributed by atoms with Gasteiger partial charge in [0.25, 0.3) is 5.09 Å². The van der Waals surface area contributed by atoms with Gasteiger partial charge in [-0.15, -0.1) is 10.1 Å². The van der Waals surface area contributed by atoms with Crippen LogP contribution in [0.15, 0.2) is 0 Å². The molecule has 0 heterocycles. The number of hydrogen-bond acceptors (Lipinski definition) is 7. The maximum Gasteiger partial charge on any atom is 0.294 e.